The molecule has 2 amide bonds. The highest BCUT2D eigenvalue weighted by Gasteiger charge is 2.12. The summed E-state index contributed by atoms with van der Waals surface area (Å²) in [5, 5.41) is 2.72. The van der Waals surface area contributed by atoms with Gasteiger partial charge in [0.1, 0.15) is 11.6 Å². The van der Waals surface area contributed by atoms with E-state index in [2.05, 4.69) is 5.32 Å². The first-order valence-electron chi connectivity index (χ1n) is 6.10. The SMILES string of the molecule is CCOc1cc(F)ccc1NC(=O)N(CC)CC. The zero-order chi connectivity index (χ0) is 13.5. The highest BCUT2D eigenvalue weighted by atomic mass is 19.1. The van der Waals surface area contributed by atoms with E-state index in [1.54, 1.807) is 11.8 Å². The van der Waals surface area contributed by atoms with E-state index in [0.29, 0.717) is 31.1 Å². The van der Waals surface area contributed by atoms with Gasteiger partial charge in [0.25, 0.3) is 0 Å². The highest BCUT2D eigenvalue weighted by Crippen LogP contribution is 2.25. The maximum Gasteiger partial charge on any atom is 0.321 e. The molecular weight excluding hydrogens is 235 g/mol. The Hall–Kier alpha value is -1.78. The van der Waals surface area contributed by atoms with Crippen molar-refractivity contribution >= 4 is 11.7 Å². The Morgan fingerprint density at radius 2 is 2.00 bits per heavy atom. The van der Waals surface area contributed by atoms with Gasteiger partial charge in [-0.05, 0) is 32.9 Å². The topological polar surface area (TPSA) is 41.6 Å². The minimum atomic E-state index is -0.390. The molecule has 0 fully saturated rings. The third-order valence-electron chi connectivity index (χ3n) is 2.54. The molecule has 0 aliphatic rings. The summed E-state index contributed by atoms with van der Waals surface area (Å²) in [7, 11) is 0. The molecule has 0 heterocycles. The third-order valence-corrected chi connectivity index (χ3v) is 2.54. The van der Waals surface area contributed by atoms with Crippen LogP contribution >= 0.6 is 0 Å². The van der Waals surface area contributed by atoms with Crippen LogP contribution in [-0.2, 0) is 0 Å². The lowest BCUT2D eigenvalue weighted by Crippen LogP contribution is -2.34. The molecule has 100 valence electrons. The van der Waals surface area contributed by atoms with Crippen molar-refractivity contribution in [2.75, 3.05) is 25.0 Å². The zero-order valence-electron chi connectivity index (χ0n) is 11.0. The number of hydrogen-bond donors (Lipinski definition) is 1. The third kappa shape index (κ3) is 3.61. The lowest BCUT2D eigenvalue weighted by atomic mass is 10.3. The van der Waals surface area contributed by atoms with Gasteiger partial charge in [0, 0.05) is 19.2 Å². The van der Waals surface area contributed by atoms with Crippen molar-refractivity contribution in [3.8, 4) is 5.75 Å². The summed E-state index contributed by atoms with van der Waals surface area (Å²) in [4.78, 5) is 13.5. The molecule has 0 radical (unpaired) electrons. The van der Waals surface area contributed by atoms with E-state index in [-0.39, 0.29) is 11.8 Å². The van der Waals surface area contributed by atoms with Gasteiger partial charge in [0.05, 0.1) is 12.3 Å². The van der Waals surface area contributed by atoms with Gasteiger partial charge in [-0.15, -0.1) is 0 Å². The highest BCUT2D eigenvalue weighted by molar-refractivity contribution is 5.90. The van der Waals surface area contributed by atoms with Gasteiger partial charge >= 0.3 is 6.03 Å². The van der Waals surface area contributed by atoms with E-state index in [0.717, 1.165) is 0 Å². The Balaban J connectivity index is 2.86. The van der Waals surface area contributed by atoms with Crippen LogP contribution in [0.5, 0.6) is 5.75 Å². The Kier molecular flexibility index (Phi) is 5.42. The molecule has 0 aliphatic carbocycles. The number of halogens is 1. The zero-order valence-corrected chi connectivity index (χ0v) is 11.0. The predicted molar refractivity (Wildman–Crippen MR) is 69.5 cm³/mol. The number of urea groups is 1. The van der Waals surface area contributed by atoms with Gasteiger partial charge in [0.15, 0.2) is 0 Å². The quantitative estimate of drug-likeness (QED) is 0.877. The van der Waals surface area contributed by atoms with Gasteiger partial charge in [-0.2, -0.15) is 0 Å². The van der Waals surface area contributed by atoms with E-state index in [1.807, 2.05) is 13.8 Å². The summed E-state index contributed by atoms with van der Waals surface area (Å²) in [6.45, 7) is 7.26. The van der Waals surface area contributed by atoms with Gasteiger partial charge in [-0.1, -0.05) is 0 Å². The normalized spacial score (nSPS) is 10.0. The van der Waals surface area contributed by atoms with Gasteiger partial charge in [0.2, 0.25) is 0 Å². The summed E-state index contributed by atoms with van der Waals surface area (Å²) in [5.74, 6) is -0.0442. The van der Waals surface area contributed by atoms with Crippen LogP contribution in [0, 0.1) is 5.82 Å². The fraction of sp³-hybridized carbons (Fsp3) is 0.462. The largest absolute Gasteiger partial charge is 0.492 e. The minimum Gasteiger partial charge on any atom is -0.492 e. The first kappa shape index (κ1) is 14.3. The molecule has 1 N–H and O–H groups in total. The number of amides is 2. The average molecular weight is 254 g/mol. The number of carbonyl (C=O) groups is 1. The second kappa shape index (κ2) is 6.83. The Morgan fingerprint density at radius 1 is 1.33 bits per heavy atom. The average Bonchev–Trinajstić information content (AvgIpc) is 2.34. The Labute approximate surface area is 107 Å². The summed E-state index contributed by atoms with van der Waals surface area (Å²) >= 11 is 0. The molecule has 1 rings (SSSR count). The molecule has 0 atom stereocenters. The van der Waals surface area contributed by atoms with E-state index >= 15 is 0 Å². The number of hydrogen-bond acceptors (Lipinski definition) is 2. The molecule has 0 aromatic heterocycles. The van der Waals surface area contributed by atoms with E-state index < -0.39 is 0 Å². The van der Waals surface area contributed by atoms with Crippen molar-refractivity contribution in [1.29, 1.82) is 0 Å². The van der Waals surface area contributed by atoms with Crippen LogP contribution in [0.25, 0.3) is 0 Å². The molecule has 5 heteroatoms. The number of nitrogens with zero attached hydrogens (tertiary/aromatic N) is 1. The fourth-order valence-corrected chi connectivity index (χ4v) is 1.58. The Morgan fingerprint density at radius 3 is 2.56 bits per heavy atom. The number of carbonyl (C=O) groups excluding carboxylic acids is 1. The molecule has 0 aliphatic heterocycles. The summed E-state index contributed by atoms with van der Waals surface area (Å²) in [6, 6.07) is 3.84. The van der Waals surface area contributed by atoms with E-state index in [9.17, 15) is 9.18 Å². The first-order valence-corrected chi connectivity index (χ1v) is 6.10. The molecule has 18 heavy (non-hydrogen) atoms. The van der Waals surface area contributed by atoms with Crippen molar-refractivity contribution in [3.05, 3.63) is 24.0 Å². The fourth-order valence-electron chi connectivity index (χ4n) is 1.58. The van der Waals surface area contributed by atoms with Gasteiger partial charge < -0.3 is 15.0 Å². The standard InChI is InChI=1S/C13H19FN2O2/c1-4-16(5-2)13(17)15-11-8-7-10(14)9-12(11)18-6-3/h7-9H,4-6H2,1-3H3,(H,15,17). The van der Waals surface area contributed by atoms with Crippen molar-refractivity contribution in [2.45, 2.75) is 20.8 Å². The van der Waals surface area contributed by atoms with Crippen LogP contribution in [0.15, 0.2) is 18.2 Å². The number of rotatable bonds is 5. The molecule has 0 saturated carbocycles. The molecule has 1 aromatic carbocycles. The number of anilines is 1. The van der Waals surface area contributed by atoms with Gasteiger partial charge in [-0.3, -0.25) is 0 Å². The van der Waals surface area contributed by atoms with Crippen molar-refractivity contribution in [1.82, 2.24) is 4.90 Å². The van der Waals surface area contributed by atoms with Crippen LogP contribution < -0.4 is 10.1 Å². The predicted octanol–water partition coefficient (Wildman–Crippen LogP) is 3.10. The monoisotopic (exact) mass is 254 g/mol. The second-order valence-electron chi connectivity index (χ2n) is 3.68. The second-order valence-corrected chi connectivity index (χ2v) is 3.68. The van der Waals surface area contributed by atoms with Crippen LogP contribution in [0.3, 0.4) is 0 Å². The minimum absolute atomic E-state index is 0.215. The number of nitrogens with one attached hydrogen (secondary N) is 1. The molecule has 0 unspecified atom stereocenters. The summed E-state index contributed by atoms with van der Waals surface area (Å²) in [6.07, 6.45) is 0. The van der Waals surface area contributed by atoms with Gasteiger partial charge in [-0.25, -0.2) is 9.18 Å². The van der Waals surface area contributed by atoms with Crippen molar-refractivity contribution in [2.24, 2.45) is 0 Å². The smallest absolute Gasteiger partial charge is 0.321 e. The van der Waals surface area contributed by atoms with Crippen molar-refractivity contribution in [3.63, 3.8) is 0 Å². The summed E-state index contributed by atoms with van der Waals surface area (Å²) in [5.41, 5.74) is 0.482. The lowest BCUT2D eigenvalue weighted by molar-refractivity contribution is 0.217. The first-order chi connectivity index (χ1) is 8.62. The number of ether oxygens (including phenoxy) is 1. The molecule has 4 nitrogen and oxygen atoms in total. The molecule has 0 saturated heterocycles. The maximum atomic E-state index is 13.1. The number of benzene rings is 1. The van der Waals surface area contributed by atoms with E-state index in [4.69, 9.17) is 4.74 Å². The lowest BCUT2D eigenvalue weighted by Gasteiger charge is -2.20. The van der Waals surface area contributed by atoms with Crippen LogP contribution in [0.2, 0.25) is 0 Å². The molecular formula is C13H19FN2O2. The van der Waals surface area contributed by atoms with E-state index in [1.165, 1.54) is 18.2 Å². The summed E-state index contributed by atoms with van der Waals surface area (Å²) < 4.78 is 18.4. The van der Waals surface area contributed by atoms with Crippen LogP contribution in [0.4, 0.5) is 14.9 Å². The molecule has 0 spiro atoms. The maximum absolute atomic E-state index is 13.1. The molecule has 0 bridgehead atoms. The van der Waals surface area contributed by atoms with Crippen LogP contribution in [0.1, 0.15) is 20.8 Å². The van der Waals surface area contributed by atoms with Crippen molar-refractivity contribution < 1.29 is 13.9 Å². The van der Waals surface area contributed by atoms with Crippen LogP contribution in [-0.4, -0.2) is 30.6 Å². The Bertz CT molecular complexity index is 406. The molecule has 1 aromatic rings.